The molecule has 0 spiro atoms. The molecule has 0 saturated heterocycles. The Bertz CT molecular complexity index is 1490. The molecule has 0 aliphatic rings. The van der Waals surface area contributed by atoms with Crippen LogP contribution in [0.3, 0.4) is 0 Å². The monoisotopic (exact) mass is 1010 g/mol. The summed E-state index contributed by atoms with van der Waals surface area (Å²) in [6.45, 7) is 6.44. The van der Waals surface area contributed by atoms with Crippen molar-refractivity contribution in [3.63, 3.8) is 0 Å². The van der Waals surface area contributed by atoms with Crippen LogP contribution in [0.2, 0.25) is 0 Å². The van der Waals surface area contributed by atoms with Gasteiger partial charge in [-0.25, -0.2) is 0 Å². The fourth-order valence-electron chi connectivity index (χ4n) is 8.19. The molecule has 0 bridgehead atoms. The van der Waals surface area contributed by atoms with E-state index in [4.69, 9.17) is 14.2 Å². The minimum absolute atomic E-state index is 0.101. The number of hydrogen-bond acceptors (Lipinski definition) is 6. The highest BCUT2D eigenvalue weighted by atomic mass is 16.6. The molecule has 0 aromatic heterocycles. The molecule has 0 aromatic carbocycles. The molecular formula is C67H112O6. The molecule has 6 nitrogen and oxygen atoms in total. The van der Waals surface area contributed by atoms with E-state index < -0.39 is 6.10 Å². The van der Waals surface area contributed by atoms with Crippen molar-refractivity contribution in [2.75, 3.05) is 13.2 Å². The standard InChI is InChI=1S/C67H112O6/c1-4-7-10-13-16-19-22-25-28-31-33-36-39-42-45-48-51-54-57-60-66(69)72-63-64(62-71-65(68)59-56-53-50-47-44-41-38-35-30-27-24-21-18-15-12-9-6-3)73-67(70)61-58-55-52-49-46-43-40-37-34-32-29-26-23-20-17-14-11-8-5-2/h9,12,16-21,25-30,38,41,47,50,64H,4-8,10-11,13-15,22-24,31-37,39-40,42-46,48-49,51-63H2,1-3H3/b12-9+,19-16+,20-17+,21-18+,28-25+,29-26+,30-27+,41-38+,50-47+/t64-/m1/s1. The maximum atomic E-state index is 12.9. The van der Waals surface area contributed by atoms with Crippen LogP contribution in [-0.4, -0.2) is 37.2 Å². The topological polar surface area (TPSA) is 78.9 Å². The number of ether oxygens (including phenoxy) is 3. The van der Waals surface area contributed by atoms with Gasteiger partial charge in [0.05, 0.1) is 0 Å². The Morgan fingerprint density at radius 1 is 0.288 bits per heavy atom. The van der Waals surface area contributed by atoms with Gasteiger partial charge in [0.2, 0.25) is 0 Å². The highest BCUT2D eigenvalue weighted by Crippen LogP contribution is 2.15. The summed E-state index contributed by atoms with van der Waals surface area (Å²) < 4.78 is 16.9. The summed E-state index contributed by atoms with van der Waals surface area (Å²) in [5, 5.41) is 0. The summed E-state index contributed by atoms with van der Waals surface area (Å²) in [6, 6.07) is 0. The Morgan fingerprint density at radius 3 is 0.890 bits per heavy atom. The molecule has 0 saturated carbocycles. The van der Waals surface area contributed by atoms with Gasteiger partial charge < -0.3 is 14.2 Å². The average Bonchev–Trinajstić information content (AvgIpc) is 3.39. The van der Waals surface area contributed by atoms with Crippen LogP contribution in [0.15, 0.2) is 109 Å². The second kappa shape index (κ2) is 60.6. The third-order valence-corrected chi connectivity index (χ3v) is 12.7. The van der Waals surface area contributed by atoms with Gasteiger partial charge >= 0.3 is 17.9 Å². The van der Waals surface area contributed by atoms with Crippen LogP contribution >= 0.6 is 0 Å². The third kappa shape index (κ3) is 58.8. The zero-order chi connectivity index (χ0) is 52.9. The largest absolute Gasteiger partial charge is 0.462 e. The molecule has 0 rings (SSSR count). The van der Waals surface area contributed by atoms with Crippen LogP contribution in [0.1, 0.15) is 278 Å². The summed E-state index contributed by atoms with van der Waals surface area (Å²) in [7, 11) is 0. The van der Waals surface area contributed by atoms with E-state index in [0.717, 1.165) is 89.9 Å². The lowest BCUT2D eigenvalue weighted by Gasteiger charge is -2.18. The van der Waals surface area contributed by atoms with E-state index in [1.807, 2.05) is 0 Å². The number of hydrogen-bond donors (Lipinski definition) is 0. The molecule has 0 aliphatic carbocycles. The predicted molar refractivity (Wildman–Crippen MR) is 316 cm³/mol. The van der Waals surface area contributed by atoms with Gasteiger partial charge in [-0.1, -0.05) is 246 Å². The zero-order valence-corrected chi connectivity index (χ0v) is 47.6. The summed E-state index contributed by atoms with van der Waals surface area (Å²) in [4.78, 5) is 38.3. The molecular weight excluding hydrogens is 901 g/mol. The normalized spacial score (nSPS) is 12.9. The van der Waals surface area contributed by atoms with Gasteiger partial charge in [-0.15, -0.1) is 0 Å². The van der Waals surface area contributed by atoms with E-state index in [1.54, 1.807) is 0 Å². The van der Waals surface area contributed by atoms with Crippen molar-refractivity contribution >= 4 is 17.9 Å². The van der Waals surface area contributed by atoms with E-state index in [9.17, 15) is 14.4 Å². The van der Waals surface area contributed by atoms with Gasteiger partial charge in [-0.05, 0) is 122 Å². The molecule has 0 N–H and O–H groups in total. The Morgan fingerprint density at radius 2 is 0.548 bits per heavy atom. The fourth-order valence-corrected chi connectivity index (χ4v) is 8.19. The maximum Gasteiger partial charge on any atom is 0.306 e. The molecule has 6 heteroatoms. The number of unbranched alkanes of at least 4 members (excludes halogenated alkanes) is 25. The lowest BCUT2D eigenvalue weighted by atomic mass is 10.1. The third-order valence-electron chi connectivity index (χ3n) is 12.7. The highest BCUT2D eigenvalue weighted by Gasteiger charge is 2.19. The minimum Gasteiger partial charge on any atom is -0.462 e. The number of carbonyl (C=O) groups excluding carboxylic acids is 3. The predicted octanol–water partition coefficient (Wildman–Crippen LogP) is 20.7. The summed E-state index contributed by atoms with van der Waals surface area (Å²) in [6.07, 6.45) is 82.3. The molecule has 0 radical (unpaired) electrons. The minimum atomic E-state index is -0.808. The van der Waals surface area contributed by atoms with E-state index in [2.05, 4.69) is 130 Å². The van der Waals surface area contributed by atoms with Gasteiger partial charge in [0, 0.05) is 19.3 Å². The number of rotatable bonds is 54. The summed E-state index contributed by atoms with van der Waals surface area (Å²) in [5.74, 6) is -0.965. The molecule has 0 heterocycles. The Labute approximate surface area is 450 Å². The number of esters is 3. The van der Waals surface area contributed by atoms with Crippen molar-refractivity contribution in [3.8, 4) is 0 Å². The number of allylic oxidation sites excluding steroid dienone is 18. The van der Waals surface area contributed by atoms with Crippen molar-refractivity contribution < 1.29 is 28.6 Å². The Hall–Kier alpha value is -3.93. The first-order chi connectivity index (χ1) is 36.0. The zero-order valence-electron chi connectivity index (χ0n) is 47.6. The van der Waals surface area contributed by atoms with Crippen LogP contribution < -0.4 is 0 Å². The molecule has 0 aliphatic heterocycles. The summed E-state index contributed by atoms with van der Waals surface area (Å²) in [5.41, 5.74) is 0. The first kappa shape index (κ1) is 69.1. The second-order valence-corrected chi connectivity index (χ2v) is 19.9. The van der Waals surface area contributed by atoms with Gasteiger partial charge in [-0.3, -0.25) is 14.4 Å². The highest BCUT2D eigenvalue weighted by molar-refractivity contribution is 5.71. The average molecular weight is 1010 g/mol. The molecule has 0 unspecified atom stereocenters. The lowest BCUT2D eigenvalue weighted by Crippen LogP contribution is -2.30. The smallest absolute Gasteiger partial charge is 0.306 e. The number of carbonyl (C=O) groups is 3. The van der Waals surface area contributed by atoms with E-state index in [0.29, 0.717) is 19.3 Å². The van der Waals surface area contributed by atoms with Gasteiger partial charge in [0.15, 0.2) is 6.10 Å². The molecule has 73 heavy (non-hydrogen) atoms. The van der Waals surface area contributed by atoms with Crippen molar-refractivity contribution in [1.82, 2.24) is 0 Å². The molecule has 0 fully saturated rings. The van der Waals surface area contributed by atoms with Crippen LogP contribution in [0.4, 0.5) is 0 Å². The van der Waals surface area contributed by atoms with Crippen molar-refractivity contribution in [1.29, 1.82) is 0 Å². The van der Waals surface area contributed by atoms with Gasteiger partial charge in [0.1, 0.15) is 13.2 Å². The molecule has 0 amide bonds. The van der Waals surface area contributed by atoms with Crippen molar-refractivity contribution in [2.24, 2.45) is 0 Å². The van der Waals surface area contributed by atoms with Crippen LogP contribution in [0.5, 0.6) is 0 Å². The lowest BCUT2D eigenvalue weighted by molar-refractivity contribution is -0.167. The molecule has 416 valence electrons. The van der Waals surface area contributed by atoms with Crippen molar-refractivity contribution in [3.05, 3.63) is 109 Å². The van der Waals surface area contributed by atoms with Crippen LogP contribution in [-0.2, 0) is 28.6 Å². The Balaban J connectivity index is 4.48. The van der Waals surface area contributed by atoms with Gasteiger partial charge in [0.25, 0.3) is 0 Å². The maximum absolute atomic E-state index is 12.9. The van der Waals surface area contributed by atoms with Gasteiger partial charge in [-0.2, -0.15) is 0 Å². The molecule has 1 atom stereocenters. The van der Waals surface area contributed by atoms with E-state index >= 15 is 0 Å². The molecule has 0 aromatic rings. The van der Waals surface area contributed by atoms with Crippen LogP contribution in [0, 0.1) is 0 Å². The first-order valence-electron chi connectivity index (χ1n) is 30.4. The van der Waals surface area contributed by atoms with Crippen LogP contribution in [0.25, 0.3) is 0 Å². The summed E-state index contributed by atoms with van der Waals surface area (Å²) >= 11 is 0. The van der Waals surface area contributed by atoms with Crippen molar-refractivity contribution in [2.45, 2.75) is 284 Å². The second-order valence-electron chi connectivity index (χ2n) is 19.9. The van der Waals surface area contributed by atoms with E-state index in [-0.39, 0.29) is 37.5 Å². The SMILES string of the molecule is CC/C=C/C/C=C/C/C=C/C/C=C/C/C=C/CCCC(=O)OC[C@H](COC(=O)CCCCCCCCCCC/C=C/C/C=C/CCCCC)OC(=O)CCCCCCCCCCC/C=C/C/C=C/CCCCC. The quantitative estimate of drug-likeness (QED) is 0.0261. The van der Waals surface area contributed by atoms with E-state index in [1.165, 1.54) is 141 Å². The fraction of sp³-hybridized carbons (Fsp3) is 0.687. The Kier molecular flexibility index (Phi) is 57.4. The first-order valence-corrected chi connectivity index (χ1v) is 30.4.